The number of aliphatic hydroxyl groups is 3. The number of carbonyl (C=O) groups is 5. The molecule has 4 N–H and O–H groups in total. The molecule has 4 aliphatic rings. The van der Waals surface area contributed by atoms with Crippen molar-refractivity contribution in [2.75, 3.05) is 41.9 Å². The number of fused-ring (bicyclic) bond motifs is 5. The maximum Gasteiger partial charge on any atom is 0.409 e. The monoisotopic (exact) mass is 865 g/mol. The van der Waals surface area contributed by atoms with E-state index in [0.29, 0.717) is 11.1 Å². The van der Waals surface area contributed by atoms with Crippen molar-refractivity contribution in [3.63, 3.8) is 0 Å². The van der Waals surface area contributed by atoms with Crippen LogP contribution in [0.25, 0.3) is 0 Å². The Morgan fingerprint density at radius 2 is 1.50 bits per heavy atom. The molecule has 62 heavy (non-hydrogen) atoms. The maximum absolute atomic E-state index is 15.8. The molecule has 338 valence electrons. The lowest BCUT2D eigenvalue weighted by Crippen LogP contribution is -2.82. The summed E-state index contributed by atoms with van der Waals surface area (Å²) >= 11 is 0. The minimum atomic E-state index is -2.25. The second-order valence-electron chi connectivity index (χ2n) is 17.9. The van der Waals surface area contributed by atoms with E-state index in [1.165, 1.54) is 52.0 Å². The van der Waals surface area contributed by atoms with Gasteiger partial charge in [-0.1, -0.05) is 74.5 Å². The van der Waals surface area contributed by atoms with E-state index in [1.807, 2.05) is 0 Å². The van der Waals surface area contributed by atoms with Crippen LogP contribution in [-0.2, 0) is 42.8 Å². The van der Waals surface area contributed by atoms with Crippen molar-refractivity contribution in [2.45, 2.75) is 108 Å². The van der Waals surface area contributed by atoms with Gasteiger partial charge in [0.2, 0.25) is 0 Å². The zero-order chi connectivity index (χ0) is 45.7. The van der Waals surface area contributed by atoms with E-state index in [0.717, 1.165) is 0 Å². The van der Waals surface area contributed by atoms with Crippen LogP contribution in [0.1, 0.15) is 70.9 Å². The van der Waals surface area contributed by atoms with Gasteiger partial charge in [0.1, 0.15) is 30.0 Å². The molecule has 3 aliphatic carbocycles. The van der Waals surface area contributed by atoms with Gasteiger partial charge in [-0.05, 0) is 30.6 Å². The van der Waals surface area contributed by atoms with Crippen LogP contribution in [0.3, 0.4) is 0 Å². The predicted molar refractivity (Wildman–Crippen MR) is 220 cm³/mol. The topological polar surface area (TPSA) is 220 Å². The highest BCUT2D eigenvalue weighted by molar-refractivity contribution is 5.94. The molecule has 1 aliphatic heterocycles. The first-order valence-electron chi connectivity index (χ1n) is 20.6. The highest BCUT2D eigenvalue weighted by Gasteiger charge is 2.78. The van der Waals surface area contributed by atoms with Gasteiger partial charge >= 0.3 is 24.1 Å². The van der Waals surface area contributed by atoms with Gasteiger partial charge in [0.15, 0.2) is 23.8 Å². The fourth-order valence-corrected chi connectivity index (χ4v) is 10.1. The Hall–Kier alpha value is -4.91. The van der Waals surface area contributed by atoms with Crippen LogP contribution in [0.5, 0.6) is 0 Å². The SMILES string of the molecule is CO[C@H]1C(=O)[C@]2(C)[C@@H](OC(=O)N(C)C)C[C@H]3OC[C@@]3(OC(C)=O)[C@H]2[C@H](OC(O)c2ccccc2)[C@]2(O)C[C@H](OC(=O)[C@H](O)[C@@H](NC(=O)N(C)C)c3ccccc3)C(C)=C1C2(C)C. The summed E-state index contributed by atoms with van der Waals surface area (Å²) < 4.78 is 37.3. The van der Waals surface area contributed by atoms with E-state index in [2.05, 4.69) is 5.32 Å². The van der Waals surface area contributed by atoms with Crippen molar-refractivity contribution >= 4 is 29.8 Å². The summed E-state index contributed by atoms with van der Waals surface area (Å²) in [6.45, 7) is 7.48. The molecule has 6 rings (SSSR count). The van der Waals surface area contributed by atoms with Crippen LogP contribution in [0.2, 0.25) is 0 Å². The highest BCUT2D eigenvalue weighted by atomic mass is 16.6. The summed E-state index contributed by atoms with van der Waals surface area (Å²) in [7, 11) is 7.27. The number of methoxy groups -OCH3 is 1. The standard InChI is InChI=1S/C45H59N3O14/c1-24-28(59-39(53)33(50)32(46-40(54)47(6)7)26-17-13-11-14-18-26)22-45(56)37(61-38(52)27-19-15-12-16-20-27)35-43(5,36(51)34(57-10)31(24)42(45,3)4)29(60-41(55)48(8)9)21-30-44(35,23-58-30)62-25(2)49/h11-20,28-30,32-35,37-38,50,52,56H,21-23H2,1-10H3,(H,46,54)/t28-,29-,30+,32-,33+,34+,35-,37-,38?,43+,44-,45+/m0/s1. The van der Waals surface area contributed by atoms with E-state index in [1.54, 1.807) is 88.4 Å². The third-order valence-corrected chi connectivity index (χ3v) is 13.5. The lowest BCUT2D eigenvalue weighted by atomic mass is 9.44. The number of nitrogens with zero attached hydrogens (tertiary/aromatic N) is 2. The molecule has 0 spiro atoms. The first-order chi connectivity index (χ1) is 29.1. The number of Topliss-reactive ketones (excluding diaryl/α,β-unsaturated/α-hetero) is 1. The van der Waals surface area contributed by atoms with Crippen molar-refractivity contribution in [2.24, 2.45) is 16.7 Å². The number of hydrogen-bond donors (Lipinski definition) is 4. The molecular formula is C45H59N3O14. The number of ether oxygens (including phenoxy) is 6. The lowest BCUT2D eigenvalue weighted by Gasteiger charge is -2.68. The summed E-state index contributed by atoms with van der Waals surface area (Å²) in [5, 5.41) is 40.1. The molecule has 17 heteroatoms. The molecule has 12 atom stereocenters. The van der Waals surface area contributed by atoms with Crippen molar-refractivity contribution in [3.05, 3.63) is 82.9 Å². The lowest BCUT2D eigenvalue weighted by molar-refractivity contribution is -0.361. The zero-order valence-corrected chi connectivity index (χ0v) is 36.8. The van der Waals surface area contributed by atoms with Gasteiger partial charge in [-0.2, -0.15) is 0 Å². The van der Waals surface area contributed by atoms with Gasteiger partial charge in [0.25, 0.3) is 0 Å². The van der Waals surface area contributed by atoms with Gasteiger partial charge in [-0.3, -0.25) is 9.59 Å². The molecule has 2 saturated carbocycles. The van der Waals surface area contributed by atoms with Crippen LogP contribution in [0.4, 0.5) is 9.59 Å². The third kappa shape index (κ3) is 7.76. The van der Waals surface area contributed by atoms with Gasteiger partial charge in [-0.15, -0.1) is 0 Å². The number of ketones is 1. The Labute approximate surface area is 361 Å². The molecule has 17 nitrogen and oxygen atoms in total. The highest BCUT2D eigenvalue weighted by Crippen LogP contribution is 2.65. The molecule has 1 unspecified atom stereocenters. The molecule has 2 aromatic rings. The summed E-state index contributed by atoms with van der Waals surface area (Å²) in [4.78, 5) is 71.9. The fourth-order valence-electron chi connectivity index (χ4n) is 10.1. The molecular weight excluding hydrogens is 807 g/mol. The van der Waals surface area contributed by atoms with E-state index < -0.39 is 113 Å². The van der Waals surface area contributed by atoms with Gasteiger partial charge in [-0.25, -0.2) is 14.4 Å². The first kappa shape index (κ1) is 46.6. The van der Waals surface area contributed by atoms with E-state index in [4.69, 9.17) is 28.4 Å². The number of nitrogens with one attached hydrogen (secondary N) is 1. The van der Waals surface area contributed by atoms with Crippen LogP contribution < -0.4 is 5.32 Å². The van der Waals surface area contributed by atoms with E-state index in [9.17, 15) is 34.5 Å². The molecule has 1 heterocycles. The molecule has 3 amide bonds. The second-order valence-corrected chi connectivity index (χ2v) is 17.9. The molecule has 1 saturated heterocycles. The number of carbonyl (C=O) groups excluding carboxylic acids is 5. The Kier molecular flexibility index (Phi) is 13.0. The summed E-state index contributed by atoms with van der Waals surface area (Å²) in [5.74, 6) is -3.95. The van der Waals surface area contributed by atoms with Crippen molar-refractivity contribution < 1.29 is 67.7 Å². The van der Waals surface area contributed by atoms with Crippen LogP contribution >= 0.6 is 0 Å². The van der Waals surface area contributed by atoms with Crippen LogP contribution in [0, 0.1) is 16.7 Å². The normalized spacial score (nSPS) is 32.5. The molecule has 0 radical (unpaired) electrons. The molecule has 0 aromatic heterocycles. The average Bonchev–Trinajstić information content (AvgIpc) is 3.22. The predicted octanol–water partition coefficient (Wildman–Crippen LogP) is 3.22. The zero-order valence-electron chi connectivity index (χ0n) is 36.8. The minimum absolute atomic E-state index is 0.0963. The quantitative estimate of drug-likeness (QED) is 0.110. The van der Waals surface area contributed by atoms with E-state index in [-0.39, 0.29) is 24.2 Å². The van der Waals surface area contributed by atoms with Crippen LogP contribution in [-0.4, -0.2) is 145 Å². The minimum Gasteiger partial charge on any atom is -0.456 e. The number of esters is 2. The Bertz CT molecular complexity index is 2060. The van der Waals surface area contributed by atoms with Crippen LogP contribution in [0.15, 0.2) is 71.8 Å². The first-order valence-corrected chi connectivity index (χ1v) is 20.6. The summed E-state index contributed by atoms with van der Waals surface area (Å²) in [5.41, 5.74) is -6.12. The molecule has 2 bridgehead atoms. The Balaban J connectivity index is 1.57. The van der Waals surface area contributed by atoms with Gasteiger partial charge in [0.05, 0.1) is 24.2 Å². The number of hydrogen-bond acceptors (Lipinski definition) is 14. The maximum atomic E-state index is 15.8. The molecule has 3 fully saturated rings. The number of aliphatic hydroxyl groups excluding tert-OH is 2. The number of benzene rings is 2. The van der Waals surface area contributed by atoms with E-state index >= 15 is 4.79 Å². The largest absolute Gasteiger partial charge is 0.456 e. The average molecular weight is 866 g/mol. The number of rotatable bonds is 11. The van der Waals surface area contributed by atoms with Crippen molar-refractivity contribution in [3.8, 4) is 0 Å². The van der Waals surface area contributed by atoms with Gasteiger partial charge < -0.3 is 58.9 Å². The number of urea groups is 1. The smallest absolute Gasteiger partial charge is 0.409 e. The second kappa shape index (κ2) is 17.3. The Morgan fingerprint density at radius 1 is 0.903 bits per heavy atom. The Morgan fingerprint density at radius 3 is 2.02 bits per heavy atom. The number of amides is 3. The van der Waals surface area contributed by atoms with Crippen molar-refractivity contribution in [1.29, 1.82) is 0 Å². The summed E-state index contributed by atoms with van der Waals surface area (Å²) in [6, 6.07) is 14.8. The molecule has 2 aromatic carbocycles. The third-order valence-electron chi connectivity index (χ3n) is 13.5. The van der Waals surface area contributed by atoms with Crippen molar-refractivity contribution in [1.82, 2.24) is 15.1 Å². The fraction of sp³-hybridized carbons (Fsp3) is 0.578. The van der Waals surface area contributed by atoms with Gasteiger partial charge in [0, 0.05) is 72.0 Å². The summed E-state index contributed by atoms with van der Waals surface area (Å²) in [6.07, 6.45) is -11.8.